The van der Waals surface area contributed by atoms with Crippen molar-refractivity contribution < 1.29 is 13.9 Å². The smallest absolute Gasteiger partial charge is 0.268 e. The van der Waals surface area contributed by atoms with E-state index in [9.17, 15) is 4.79 Å². The fourth-order valence-corrected chi connectivity index (χ4v) is 3.50. The Labute approximate surface area is 176 Å². The monoisotopic (exact) mass is 425 g/mol. The molecule has 0 aliphatic heterocycles. The Morgan fingerprint density at radius 3 is 2.97 bits per heavy atom. The molecular formula is C21H16ClN3O3S. The van der Waals surface area contributed by atoms with Crippen molar-refractivity contribution in [2.75, 3.05) is 5.32 Å². The van der Waals surface area contributed by atoms with Crippen molar-refractivity contribution in [2.24, 2.45) is 0 Å². The van der Waals surface area contributed by atoms with Gasteiger partial charge in [0.15, 0.2) is 5.76 Å². The molecule has 0 saturated heterocycles. The number of rotatable bonds is 6. The fourth-order valence-electron chi connectivity index (χ4n) is 2.59. The molecule has 6 nitrogen and oxygen atoms in total. The molecule has 4 rings (SSSR count). The first-order valence-corrected chi connectivity index (χ1v) is 9.99. The number of nitrogens with zero attached hydrogens (tertiary/aromatic N) is 2. The molecule has 0 radical (unpaired) electrons. The lowest BCUT2D eigenvalue weighted by atomic mass is 10.2. The van der Waals surface area contributed by atoms with E-state index >= 15 is 0 Å². The quantitative estimate of drug-likeness (QED) is 0.435. The molecular weight excluding hydrogens is 410 g/mol. The summed E-state index contributed by atoms with van der Waals surface area (Å²) in [6, 6.07) is 12.6. The van der Waals surface area contributed by atoms with E-state index in [1.54, 1.807) is 42.8 Å². The first-order chi connectivity index (χ1) is 14.1. The average molecular weight is 426 g/mol. The molecule has 0 spiro atoms. The maximum absolute atomic E-state index is 12.5. The number of halogens is 1. The number of anilines is 1. The van der Waals surface area contributed by atoms with Gasteiger partial charge in [-0.3, -0.25) is 10.1 Å². The molecule has 1 amide bonds. The third-order valence-corrected chi connectivity index (χ3v) is 5.47. The molecule has 0 bridgehead atoms. The number of carbonyl (C=O) groups is 1. The number of hydrogen-bond acceptors (Lipinski definition) is 6. The average Bonchev–Trinajstić information content (AvgIpc) is 3.41. The van der Waals surface area contributed by atoms with E-state index in [0.29, 0.717) is 28.0 Å². The van der Waals surface area contributed by atoms with Crippen molar-refractivity contribution in [3.63, 3.8) is 0 Å². The van der Waals surface area contributed by atoms with Crippen molar-refractivity contribution in [1.29, 1.82) is 0 Å². The summed E-state index contributed by atoms with van der Waals surface area (Å²) in [5.41, 5.74) is 2.45. The van der Waals surface area contributed by atoms with Gasteiger partial charge < -0.3 is 9.15 Å². The van der Waals surface area contributed by atoms with Gasteiger partial charge in [0.2, 0.25) is 5.95 Å². The lowest BCUT2D eigenvalue weighted by Crippen LogP contribution is -2.13. The van der Waals surface area contributed by atoms with Gasteiger partial charge in [-0.25, -0.2) is 9.97 Å². The van der Waals surface area contributed by atoms with Crippen molar-refractivity contribution in [1.82, 2.24) is 9.97 Å². The minimum Gasteiger partial charge on any atom is -0.489 e. The first kappa shape index (κ1) is 19.2. The zero-order valence-corrected chi connectivity index (χ0v) is 17.0. The van der Waals surface area contributed by atoms with E-state index in [1.165, 1.54) is 11.3 Å². The molecule has 1 aromatic carbocycles. The number of aryl methyl sites for hydroxylation is 1. The van der Waals surface area contributed by atoms with Crippen LogP contribution in [0, 0.1) is 6.92 Å². The fraction of sp³-hybridized carbons (Fsp3) is 0.0952. The van der Waals surface area contributed by atoms with Gasteiger partial charge in [0.05, 0.1) is 11.1 Å². The van der Waals surface area contributed by atoms with E-state index in [0.717, 1.165) is 16.9 Å². The topological polar surface area (TPSA) is 77.2 Å². The van der Waals surface area contributed by atoms with Crippen LogP contribution in [-0.4, -0.2) is 15.9 Å². The number of furan rings is 1. The molecule has 0 aliphatic carbocycles. The Bertz CT molecular complexity index is 1140. The van der Waals surface area contributed by atoms with Crippen molar-refractivity contribution in [2.45, 2.75) is 13.5 Å². The minimum absolute atomic E-state index is 0.215. The first-order valence-electron chi connectivity index (χ1n) is 8.73. The molecule has 8 heteroatoms. The number of benzene rings is 1. The lowest BCUT2D eigenvalue weighted by molar-refractivity contribution is 0.102. The van der Waals surface area contributed by atoms with Gasteiger partial charge in [0.1, 0.15) is 18.1 Å². The van der Waals surface area contributed by atoms with Gasteiger partial charge in [-0.1, -0.05) is 11.6 Å². The zero-order chi connectivity index (χ0) is 20.2. The summed E-state index contributed by atoms with van der Waals surface area (Å²) in [4.78, 5) is 21.5. The van der Waals surface area contributed by atoms with Gasteiger partial charge in [0.25, 0.3) is 5.91 Å². The highest BCUT2D eigenvalue weighted by Crippen LogP contribution is 2.23. The van der Waals surface area contributed by atoms with Gasteiger partial charge in [-0.15, -0.1) is 11.3 Å². The van der Waals surface area contributed by atoms with Crippen LogP contribution in [0.25, 0.3) is 11.5 Å². The molecule has 0 saturated carbocycles. The van der Waals surface area contributed by atoms with Crippen LogP contribution in [0.3, 0.4) is 0 Å². The Morgan fingerprint density at radius 2 is 2.17 bits per heavy atom. The second kappa shape index (κ2) is 8.46. The Balaban J connectivity index is 1.39. The molecule has 29 heavy (non-hydrogen) atoms. The van der Waals surface area contributed by atoms with Gasteiger partial charge in [0, 0.05) is 16.8 Å². The zero-order valence-electron chi connectivity index (χ0n) is 15.4. The summed E-state index contributed by atoms with van der Waals surface area (Å²) in [6.45, 7) is 2.28. The van der Waals surface area contributed by atoms with Crippen LogP contribution in [0.2, 0.25) is 5.02 Å². The maximum Gasteiger partial charge on any atom is 0.268 e. The number of carbonyl (C=O) groups excluding carboxylic acids is 1. The minimum atomic E-state index is -0.278. The highest BCUT2D eigenvalue weighted by atomic mass is 35.5. The molecule has 0 aliphatic rings. The molecule has 4 aromatic rings. The summed E-state index contributed by atoms with van der Waals surface area (Å²) >= 11 is 7.36. The van der Waals surface area contributed by atoms with Crippen LogP contribution >= 0.6 is 22.9 Å². The third-order valence-electron chi connectivity index (χ3n) is 4.07. The molecule has 3 heterocycles. The van der Waals surface area contributed by atoms with E-state index in [-0.39, 0.29) is 11.9 Å². The SMILES string of the molecule is Cc1cc(OCc2csc(C(=O)Nc3nccc(-c4ccco4)n3)c2)ccc1Cl. The predicted octanol–water partition coefficient (Wildman–Crippen LogP) is 5.59. The molecule has 3 aromatic heterocycles. The third kappa shape index (κ3) is 4.64. The van der Waals surface area contributed by atoms with Gasteiger partial charge >= 0.3 is 0 Å². The number of hydrogen-bond donors (Lipinski definition) is 1. The summed E-state index contributed by atoms with van der Waals surface area (Å²) in [6.07, 6.45) is 3.14. The molecule has 0 fully saturated rings. The number of amides is 1. The van der Waals surface area contributed by atoms with Crippen LogP contribution in [0.15, 0.2) is 64.7 Å². The number of thiophene rings is 1. The summed E-state index contributed by atoms with van der Waals surface area (Å²) in [7, 11) is 0. The van der Waals surface area contributed by atoms with Crippen LogP contribution in [0.4, 0.5) is 5.95 Å². The molecule has 0 atom stereocenters. The van der Waals surface area contributed by atoms with E-state index in [4.69, 9.17) is 20.8 Å². The van der Waals surface area contributed by atoms with E-state index in [2.05, 4.69) is 15.3 Å². The van der Waals surface area contributed by atoms with E-state index < -0.39 is 0 Å². The van der Waals surface area contributed by atoms with Crippen LogP contribution in [-0.2, 0) is 6.61 Å². The lowest BCUT2D eigenvalue weighted by Gasteiger charge is -2.06. The maximum atomic E-state index is 12.5. The summed E-state index contributed by atoms with van der Waals surface area (Å²) in [5, 5.41) is 5.30. The van der Waals surface area contributed by atoms with Crippen LogP contribution < -0.4 is 10.1 Å². The molecule has 1 N–H and O–H groups in total. The normalized spacial score (nSPS) is 10.7. The summed E-state index contributed by atoms with van der Waals surface area (Å²) in [5.74, 6) is 1.27. The highest BCUT2D eigenvalue weighted by molar-refractivity contribution is 7.12. The van der Waals surface area contributed by atoms with Crippen molar-refractivity contribution >= 4 is 34.8 Å². The van der Waals surface area contributed by atoms with Gasteiger partial charge in [-0.05, 0) is 60.3 Å². The van der Waals surface area contributed by atoms with Gasteiger partial charge in [-0.2, -0.15) is 0 Å². The van der Waals surface area contributed by atoms with Crippen molar-refractivity contribution in [3.8, 4) is 17.2 Å². The second-order valence-corrected chi connectivity index (χ2v) is 7.53. The van der Waals surface area contributed by atoms with Crippen molar-refractivity contribution in [3.05, 3.63) is 81.3 Å². The standard InChI is InChI=1S/C21H16ClN3O3S/c1-13-9-15(4-5-16(13)22)28-11-14-10-19(29-12-14)20(26)25-21-23-7-6-17(24-21)18-3-2-8-27-18/h2-10,12H,11H2,1H3,(H,23,24,25,26). The summed E-state index contributed by atoms with van der Waals surface area (Å²) < 4.78 is 11.1. The number of nitrogens with one attached hydrogen (secondary N) is 1. The van der Waals surface area contributed by atoms with Crippen LogP contribution in [0.1, 0.15) is 20.8 Å². The number of ether oxygens (including phenoxy) is 1. The largest absolute Gasteiger partial charge is 0.489 e. The molecule has 146 valence electrons. The second-order valence-electron chi connectivity index (χ2n) is 6.22. The molecule has 0 unspecified atom stereocenters. The van der Waals surface area contributed by atoms with Crippen LogP contribution in [0.5, 0.6) is 5.75 Å². The van der Waals surface area contributed by atoms with E-state index in [1.807, 2.05) is 24.4 Å². The Hall–Kier alpha value is -3.16. The Morgan fingerprint density at radius 1 is 1.28 bits per heavy atom. The predicted molar refractivity (Wildman–Crippen MR) is 113 cm³/mol. The Kier molecular flexibility index (Phi) is 5.59. The number of aromatic nitrogens is 2. The highest BCUT2D eigenvalue weighted by Gasteiger charge is 2.13.